The molecule has 16 heavy (non-hydrogen) atoms. The number of para-hydroxylation sites is 1. The Hall–Kier alpha value is -1.55. The molecule has 84 valence electrons. The van der Waals surface area contributed by atoms with Gasteiger partial charge in [-0.3, -0.25) is 0 Å². The minimum Gasteiger partial charge on any atom is -0.492 e. The average molecular weight is 238 g/mol. The van der Waals surface area contributed by atoms with Gasteiger partial charge in [0.1, 0.15) is 12.4 Å². The summed E-state index contributed by atoms with van der Waals surface area (Å²) in [6, 6.07) is 9.68. The predicted molar refractivity (Wildman–Crippen MR) is 61.5 cm³/mol. The van der Waals surface area contributed by atoms with Crippen LogP contribution in [-0.4, -0.2) is 21.6 Å². The van der Waals surface area contributed by atoms with E-state index in [0.29, 0.717) is 19.0 Å². The molecule has 4 nitrogen and oxygen atoms in total. The molecule has 1 heterocycles. The fourth-order valence-electron chi connectivity index (χ4n) is 1.28. The lowest BCUT2D eigenvalue weighted by atomic mass is 10.3. The summed E-state index contributed by atoms with van der Waals surface area (Å²) in [6.07, 6.45) is 1.82. The third kappa shape index (κ3) is 2.97. The number of aromatic nitrogens is 3. The number of nitrogens with zero attached hydrogens (tertiary/aromatic N) is 3. The lowest BCUT2D eigenvalue weighted by molar-refractivity contribution is 0.289. The topological polar surface area (TPSA) is 39.9 Å². The molecule has 0 aliphatic rings. The second kappa shape index (κ2) is 5.51. The Bertz CT molecular complexity index is 430. The molecule has 0 bridgehead atoms. The quantitative estimate of drug-likeness (QED) is 0.748. The predicted octanol–water partition coefficient (Wildman–Crippen LogP) is 2.10. The molecule has 0 spiro atoms. The van der Waals surface area contributed by atoms with Gasteiger partial charge in [-0.05, 0) is 12.1 Å². The SMILES string of the molecule is ClCc1cn(CCOc2ccccc2)nn1. The van der Waals surface area contributed by atoms with Crippen molar-refractivity contribution in [2.75, 3.05) is 6.61 Å². The summed E-state index contributed by atoms with van der Waals surface area (Å²) in [5.74, 6) is 1.25. The number of hydrogen-bond donors (Lipinski definition) is 0. The molecule has 0 atom stereocenters. The summed E-state index contributed by atoms with van der Waals surface area (Å²) in [6.45, 7) is 1.23. The molecule has 0 amide bonds. The molecular weight excluding hydrogens is 226 g/mol. The summed E-state index contributed by atoms with van der Waals surface area (Å²) in [7, 11) is 0. The van der Waals surface area contributed by atoms with Crippen molar-refractivity contribution in [2.45, 2.75) is 12.4 Å². The van der Waals surface area contributed by atoms with Gasteiger partial charge < -0.3 is 4.74 Å². The van der Waals surface area contributed by atoms with E-state index in [0.717, 1.165) is 11.4 Å². The Morgan fingerprint density at radius 2 is 2.06 bits per heavy atom. The van der Waals surface area contributed by atoms with Gasteiger partial charge in [-0.2, -0.15) is 0 Å². The van der Waals surface area contributed by atoms with Crippen LogP contribution < -0.4 is 4.74 Å². The van der Waals surface area contributed by atoms with Crippen molar-refractivity contribution in [3.8, 4) is 5.75 Å². The van der Waals surface area contributed by atoms with Crippen LogP contribution in [0.5, 0.6) is 5.75 Å². The normalized spacial score (nSPS) is 10.3. The molecule has 0 saturated carbocycles. The number of halogens is 1. The highest BCUT2D eigenvalue weighted by atomic mass is 35.5. The summed E-state index contributed by atoms with van der Waals surface area (Å²) in [5, 5.41) is 7.81. The van der Waals surface area contributed by atoms with E-state index in [1.54, 1.807) is 4.68 Å². The van der Waals surface area contributed by atoms with Gasteiger partial charge in [0.15, 0.2) is 0 Å². The highest BCUT2D eigenvalue weighted by Gasteiger charge is 1.98. The molecule has 1 aromatic heterocycles. The second-order valence-corrected chi connectivity index (χ2v) is 3.54. The second-order valence-electron chi connectivity index (χ2n) is 3.27. The van der Waals surface area contributed by atoms with Gasteiger partial charge >= 0.3 is 0 Å². The van der Waals surface area contributed by atoms with Crippen molar-refractivity contribution in [2.24, 2.45) is 0 Å². The molecule has 1 aromatic carbocycles. The third-order valence-electron chi connectivity index (χ3n) is 2.06. The zero-order valence-corrected chi connectivity index (χ0v) is 9.47. The number of hydrogen-bond acceptors (Lipinski definition) is 3. The van der Waals surface area contributed by atoms with Crippen LogP contribution in [0, 0.1) is 0 Å². The minimum atomic E-state index is 0.388. The zero-order chi connectivity index (χ0) is 11.2. The summed E-state index contributed by atoms with van der Waals surface area (Å²) in [4.78, 5) is 0. The Morgan fingerprint density at radius 1 is 1.25 bits per heavy atom. The van der Waals surface area contributed by atoms with Crippen LogP contribution >= 0.6 is 11.6 Å². The van der Waals surface area contributed by atoms with Gasteiger partial charge in [0, 0.05) is 6.20 Å². The Labute approximate surface area is 98.8 Å². The number of alkyl halides is 1. The van der Waals surface area contributed by atoms with Crippen molar-refractivity contribution in [1.29, 1.82) is 0 Å². The average Bonchev–Trinajstić information content (AvgIpc) is 2.78. The van der Waals surface area contributed by atoms with Crippen LogP contribution in [0.15, 0.2) is 36.5 Å². The number of ether oxygens (including phenoxy) is 1. The molecule has 0 saturated heterocycles. The van der Waals surface area contributed by atoms with E-state index in [2.05, 4.69) is 10.3 Å². The highest BCUT2D eigenvalue weighted by molar-refractivity contribution is 6.16. The summed E-state index contributed by atoms with van der Waals surface area (Å²) >= 11 is 5.62. The maximum atomic E-state index is 5.62. The van der Waals surface area contributed by atoms with Crippen molar-refractivity contribution in [3.63, 3.8) is 0 Å². The van der Waals surface area contributed by atoms with Crippen LogP contribution in [-0.2, 0) is 12.4 Å². The smallest absolute Gasteiger partial charge is 0.119 e. The Morgan fingerprint density at radius 3 is 2.75 bits per heavy atom. The van der Waals surface area contributed by atoms with E-state index in [9.17, 15) is 0 Å². The molecular formula is C11H12ClN3O. The van der Waals surface area contributed by atoms with Crippen LogP contribution in [0.4, 0.5) is 0 Å². The van der Waals surface area contributed by atoms with Crippen molar-refractivity contribution < 1.29 is 4.74 Å². The van der Waals surface area contributed by atoms with Crippen LogP contribution in [0.1, 0.15) is 5.69 Å². The molecule has 0 aliphatic carbocycles. The molecule has 2 aromatic rings. The standard InChI is InChI=1S/C11H12ClN3O/c12-8-10-9-15(14-13-10)6-7-16-11-4-2-1-3-5-11/h1-5,9H,6-8H2. The largest absolute Gasteiger partial charge is 0.492 e. The molecule has 0 fully saturated rings. The summed E-state index contributed by atoms with van der Waals surface area (Å²) in [5.41, 5.74) is 0.779. The third-order valence-corrected chi connectivity index (χ3v) is 2.33. The lowest BCUT2D eigenvalue weighted by Gasteiger charge is -2.04. The van der Waals surface area contributed by atoms with Crippen LogP contribution in [0.2, 0.25) is 0 Å². The lowest BCUT2D eigenvalue weighted by Crippen LogP contribution is -2.08. The minimum absolute atomic E-state index is 0.388. The van der Waals surface area contributed by atoms with Crippen molar-refractivity contribution in [3.05, 3.63) is 42.2 Å². The molecule has 5 heteroatoms. The number of benzene rings is 1. The molecule has 2 rings (SSSR count). The van der Waals surface area contributed by atoms with Gasteiger partial charge in [-0.25, -0.2) is 4.68 Å². The molecule has 0 aliphatic heterocycles. The zero-order valence-electron chi connectivity index (χ0n) is 8.71. The van der Waals surface area contributed by atoms with Gasteiger partial charge in [0.25, 0.3) is 0 Å². The molecule has 0 N–H and O–H groups in total. The fourth-order valence-corrected chi connectivity index (χ4v) is 1.41. The highest BCUT2D eigenvalue weighted by Crippen LogP contribution is 2.08. The fraction of sp³-hybridized carbons (Fsp3) is 0.273. The monoisotopic (exact) mass is 237 g/mol. The molecule has 0 radical (unpaired) electrons. The molecule has 0 unspecified atom stereocenters. The van der Waals surface area contributed by atoms with E-state index in [1.807, 2.05) is 36.5 Å². The first kappa shape index (κ1) is 11.0. The first-order valence-corrected chi connectivity index (χ1v) is 5.55. The van der Waals surface area contributed by atoms with Gasteiger partial charge in [-0.15, -0.1) is 16.7 Å². The Kier molecular flexibility index (Phi) is 3.77. The van der Waals surface area contributed by atoms with E-state index in [1.165, 1.54) is 0 Å². The Balaban J connectivity index is 1.80. The van der Waals surface area contributed by atoms with E-state index >= 15 is 0 Å². The number of rotatable bonds is 5. The van der Waals surface area contributed by atoms with Gasteiger partial charge in [-0.1, -0.05) is 23.4 Å². The maximum absolute atomic E-state index is 5.62. The van der Waals surface area contributed by atoms with Crippen molar-refractivity contribution >= 4 is 11.6 Å². The van der Waals surface area contributed by atoms with Gasteiger partial charge in [0.05, 0.1) is 18.1 Å². The van der Waals surface area contributed by atoms with Crippen molar-refractivity contribution in [1.82, 2.24) is 15.0 Å². The van der Waals surface area contributed by atoms with E-state index in [4.69, 9.17) is 16.3 Å². The van der Waals surface area contributed by atoms with E-state index in [-0.39, 0.29) is 0 Å². The first-order valence-electron chi connectivity index (χ1n) is 5.01. The van der Waals surface area contributed by atoms with Gasteiger partial charge in [0.2, 0.25) is 0 Å². The van der Waals surface area contributed by atoms with Crippen LogP contribution in [0.25, 0.3) is 0 Å². The first-order chi connectivity index (χ1) is 7.88. The van der Waals surface area contributed by atoms with Crippen LogP contribution in [0.3, 0.4) is 0 Å². The summed E-state index contributed by atoms with van der Waals surface area (Å²) < 4.78 is 7.25. The van der Waals surface area contributed by atoms with E-state index < -0.39 is 0 Å². The maximum Gasteiger partial charge on any atom is 0.119 e.